The van der Waals surface area contributed by atoms with E-state index in [1.165, 1.54) is 21.9 Å². The zero-order valence-corrected chi connectivity index (χ0v) is 20.5. The van der Waals surface area contributed by atoms with E-state index in [0.717, 1.165) is 46.2 Å². The normalized spacial score (nSPS) is 13.7. The molecule has 4 aromatic carbocycles. The first-order valence-electron chi connectivity index (χ1n) is 12.2. The van der Waals surface area contributed by atoms with E-state index in [1.54, 1.807) is 13.2 Å². The molecule has 1 aliphatic rings. The molecule has 0 saturated heterocycles. The van der Waals surface area contributed by atoms with E-state index < -0.39 is 0 Å². The van der Waals surface area contributed by atoms with Crippen molar-refractivity contribution in [3.63, 3.8) is 0 Å². The summed E-state index contributed by atoms with van der Waals surface area (Å²) in [6.45, 7) is 3.34. The molecule has 178 valence electrons. The number of fused-ring (bicyclic) bond motifs is 3. The van der Waals surface area contributed by atoms with Crippen LogP contribution < -0.4 is 4.74 Å². The summed E-state index contributed by atoms with van der Waals surface area (Å²) >= 11 is 0. The second kappa shape index (κ2) is 9.04. The average molecular weight is 474 g/mol. The third-order valence-electron chi connectivity index (χ3n) is 7.18. The van der Waals surface area contributed by atoms with Gasteiger partial charge in [0.1, 0.15) is 11.3 Å². The second-order valence-electron chi connectivity index (χ2n) is 9.33. The van der Waals surface area contributed by atoms with E-state index in [9.17, 15) is 4.79 Å². The van der Waals surface area contributed by atoms with Crippen LogP contribution in [0.3, 0.4) is 0 Å². The highest BCUT2D eigenvalue weighted by Gasteiger charge is 2.20. The van der Waals surface area contributed by atoms with E-state index in [2.05, 4.69) is 66.7 Å². The Kier molecular flexibility index (Phi) is 5.57. The molecule has 0 aliphatic carbocycles. The second-order valence-corrected chi connectivity index (χ2v) is 9.33. The maximum atomic E-state index is 13.2. The number of nitrogens with zero attached hydrogens (tertiary/aromatic N) is 1. The van der Waals surface area contributed by atoms with Crippen molar-refractivity contribution in [3.8, 4) is 16.9 Å². The van der Waals surface area contributed by atoms with Crippen LogP contribution in [0.1, 0.15) is 23.6 Å². The lowest BCUT2D eigenvalue weighted by molar-refractivity contribution is -0.126. The molecule has 1 amide bonds. The SMILES string of the molecule is COc1cc2occ(-c3cccc4ccccc34)c2cc1/C(C)=C/C(=O)N1CCc2ccccc2C1. The van der Waals surface area contributed by atoms with Gasteiger partial charge < -0.3 is 14.1 Å². The minimum Gasteiger partial charge on any atom is -0.496 e. The average Bonchev–Trinajstić information content (AvgIpc) is 3.34. The van der Waals surface area contributed by atoms with Crippen LogP contribution in [0.15, 0.2) is 95.6 Å². The third kappa shape index (κ3) is 3.85. The first-order chi connectivity index (χ1) is 17.6. The molecule has 0 spiro atoms. The Balaban J connectivity index is 1.39. The predicted molar refractivity (Wildman–Crippen MR) is 145 cm³/mol. The van der Waals surface area contributed by atoms with Gasteiger partial charge in [0.05, 0.1) is 13.4 Å². The topological polar surface area (TPSA) is 42.7 Å². The first-order valence-corrected chi connectivity index (χ1v) is 12.2. The van der Waals surface area contributed by atoms with Gasteiger partial charge in [-0.2, -0.15) is 0 Å². The van der Waals surface area contributed by atoms with E-state index in [1.807, 2.05) is 30.2 Å². The lowest BCUT2D eigenvalue weighted by Gasteiger charge is -2.28. The van der Waals surface area contributed by atoms with Crippen LogP contribution in [-0.4, -0.2) is 24.5 Å². The number of carbonyl (C=O) groups is 1. The smallest absolute Gasteiger partial charge is 0.247 e. The number of hydrogen-bond donors (Lipinski definition) is 0. The standard InChI is InChI=1S/C32H27NO3/c1-21(16-32(34)33-15-14-22-8-3-4-10-24(22)19-33)27-17-28-29(20-36-31(28)18-30(27)35-2)26-13-7-11-23-9-5-6-12-25(23)26/h3-13,16-18,20H,14-15,19H2,1-2H3/b21-16+. The summed E-state index contributed by atoms with van der Waals surface area (Å²) in [5.74, 6) is 0.706. The minimum atomic E-state index is 0.0191. The van der Waals surface area contributed by atoms with E-state index in [-0.39, 0.29) is 5.91 Å². The first kappa shape index (κ1) is 22.2. The maximum absolute atomic E-state index is 13.2. The highest BCUT2D eigenvalue weighted by molar-refractivity contribution is 6.06. The number of carbonyl (C=O) groups excluding carboxylic acids is 1. The summed E-state index contributed by atoms with van der Waals surface area (Å²) in [4.78, 5) is 15.1. The van der Waals surface area contributed by atoms with Crippen LogP contribution in [0.4, 0.5) is 0 Å². The van der Waals surface area contributed by atoms with Crippen molar-refractivity contribution in [2.24, 2.45) is 0 Å². The summed E-state index contributed by atoms with van der Waals surface area (Å²) in [5.41, 5.74) is 7.20. The molecule has 4 heteroatoms. The molecule has 4 nitrogen and oxygen atoms in total. The predicted octanol–water partition coefficient (Wildman–Crippen LogP) is 7.25. The van der Waals surface area contributed by atoms with E-state index >= 15 is 0 Å². The highest BCUT2D eigenvalue weighted by Crippen LogP contribution is 2.39. The molecule has 0 unspecified atom stereocenters. The van der Waals surface area contributed by atoms with Gasteiger partial charge in [-0.15, -0.1) is 0 Å². The summed E-state index contributed by atoms with van der Waals surface area (Å²) in [6, 6.07) is 27.0. The number of methoxy groups -OCH3 is 1. The molecule has 0 fully saturated rings. The van der Waals surface area contributed by atoms with Crippen molar-refractivity contribution < 1.29 is 13.9 Å². The lowest BCUT2D eigenvalue weighted by atomic mass is 9.95. The molecular formula is C32H27NO3. The van der Waals surface area contributed by atoms with Crippen LogP contribution in [0.2, 0.25) is 0 Å². The zero-order chi connectivity index (χ0) is 24.6. The summed E-state index contributed by atoms with van der Waals surface area (Å²) in [5, 5.41) is 3.35. The highest BCUT2D eigenvalue weighted by atomic mass is 16.5. The number of benzene rings is 4. The van der Waals surface area contributed by atoms with Crippen LogP contribution >= 0.6 is 0 Å². The molecular weight excluding hydrogens is 446 g/mol. The van der Waals surface area contributed by atoms with E-state index in [4.69, 9.17) is 9.15 Å². The van der Waals surface area contributed by atoms with Gasteiger partial charge in [0, 0.05) is 41.7 Å². The minimum absolute atomic E-state index is 0.0191. The number of rotatable bonds is 4. The monoisotopic (exact) mass is 473 g/mol. The van der Waals surface area contributed by atoms with Crippen molar-refractivity contribution in [2.75, 3.05) is 13.7 Å². The van der Waals surface area contributed by atoms with Crippen molar-refractivity contribution in [3.05, 3.63) is 108 Å². The molecule has 2 heterocycles. The van der Waals surface area contributed by atoms with Crippen LogP contribution in [0.25, 0.3) is 38.4 Å². The fraction of sp³-hybridized carbons (Fsp3) is 0.156. The molecule has 0 radical (unpaired) electrons. The zero-order valence-electron chi connectivity index (χ0n) is 20.5. The van der Waals surface area contributed by atoms with Crippen LogP contribution in [0, 0.1) is 0 Å². The molecule has 36 heavy (non-hydrogen) atoms. The number of furan rings is 1. The molecule has 0 bridgehead atoms. The van der Waals surface area contributed by atoms with Crippen molar-refractivity contribution in [1.82, 2.24) is 4.90 Å². The fourth-order valence-electron chi connectivity index (χ4n) is 5.24. The molecule has 0 saturated carbocycles. The molecule has 5 aromatic rings. The van der Waals surface area contributed by atoms with Crippen LogP contribution in [-0.2, 0) is 17.8 Å². The van der Waals surface area contributed by atoms with E-state index in [0.29, 0.717) is 12.3 Å². The Morgan fingerprint density at radius 2 is 1.69 bits per heavy atom. The Bertz CT molecular complexity index is 1640. The van der Waals surface area contributed by atoms with Gasteiger partial charge in [0.15, 0.2) is 0 Å². The van der Waals surface area contributed by atoms with Gasteiger partial charge in [0.2, 0.25) is 5.91 Å². The van der Waals surface area contributed by atoms with Crippen LogP contribution in [0.5, 0.6) is 5.75 Å². The lowest BCUT2D eigenvalue weighted by Crippen LogP contribution is -2.34. The van der Waals surface area contributed by atoms with Gasteiger partial charge >= 0.3 is 0 Å². The Labute approximate surface area is 210 Å². The Morgan fingerprint density at radius 3 is 2.56 bits per heavy atom. The number of amides is 1. The molecule has 0 N–H and O–H groups in total. The third-order valence-corrected chi connectivity index (χ3v) is 7.18. The quantitative estimate of drug-likeness (QED) is 0.258. The van der Waals surface area contributed by atoms with Crippen molar-refractivity contribution in [1.29, 1.82) is 0 Å². The number of hydrogen-bond acceptors (Lipinski definition) is 3. The molecule has 1 aromatic heterocycles. The largest absolute Gasteiger partial charge is 0.496 e. The van der Waals surface area contributed by atoms with Gasteiger partial charge in [-0.3, -0.25) is 4.79 Å². The number of allylic oxidation sites excluding steroid dienone is 1. The van der Waals surface area contributed by atoms with Crippen molar-refractivity contribution >= 4 is 33.2 Å². The van der Waals surface area contributed by atoms with Gasteiger partial charge in [0.25, 0.3) is 0 Å². The Morgan fingerprint density at radius 1 is 0.917 bits per heavy atom. The van der Waals surface area contributed by atoms with Gasteiger partial charge in [-0.05, 0) is 52.4 Å². The maximum Gasteiger partial charge on any atom is 0.247 e. The van der Waals surface area contributed by atoms with Gasteiger partial charge in [-0.25, -0.2) is 0 Å². The molecule has 6 rings (SSSR count). The number of ether oxygens (including phenoxy) is 1. The summed E-state index contributed by atoms with van der Waals surface area (Å²) in [6.07, 6.45) is 4.42. The van der Waals surface area contributed by atoms with Gasteiger partial charge in [-0.1, -0.05) is 66.7 Å². The fourth-order valence-corrected chi connectivity index (χ4v) is 5.24. The Hall–Kier alpha value is -4.31. The molecule has 0 atom stereocenters. The summed E-state index contributed by atoms with van der Waals surface area (Å²) < 4.78 is 11.7. The molecule has 1 aliphatic heterocycles. The summed E-state index contributed by atoms with van der Waals surface area (Å²) in [7, 11) is 1.65. The van der Waals surface area contributed by atoms with Crippen molar-refractivity contribution in [2.45, 2.75) is 19.9 Å².